The first-order valence-corrected chi connectivity index (χ1v) is 7.51. The van der Waals surface area contributed by atoms with Gasteiger partial charge in [-0.2, -0.15) is 5.10 Å². The van der Waals surface area contributed by atoms with E-state index in [0.717, 1.165) is 28.0 Å². The highest BCUT2D eigenvalue weighted by Crippen LogP contribution is 2.28. The standard InChI is InChI=1S/C14H17BrClN3O/c1-4-11-14(15)12(19(2)18-11)8-17-9-5-6-10(16)13(7-9)20-3/h5-7,17H,4,8H2,1-3H3. The third-order valence-corrected chi connectivity index (χ3v) is 4.34. The fourth-order valence-corrected chi connectivity index (χ4v) is 2.92. The molecule has 0 atom stereocenters. The van der Waals surface area contributed by atoms with Gasteiger partial charge >= 0.3 is 0 Å². The van der Waals surface area contributed by atoms with E-state index in [4.69, 9.17) is 16.3 Å². The second-order valence-electron chi connectivity index (χ2n) is 4.39. The molecule has 0 aliphatic heterocycles. The molecule has 0 fully saturated rings. The van der Waals surface area contributed by atoms with Gasteiger partial charge in [0, 0.05) is 18.8 Å². The number of rotatable bonds is 5. The van der Waals surface area contributed by atoms with Crippen LogP contribution in [-0.4, -0.2) is 16.9 Å². The van der Waals surface area contributed by atoms with E-state index in [-0.39, 0.29) is 0 Å². The fourth-order valence-electron chi connectivity index (χ4n) is 1.97. The summed E-state index contributed by atoms with van der Waals surface area (Å²) in [6, 6.07) is 5.63. The zero-order chi connectivity index (χ0) is 14.7. The number of nitrogens with one attached hydrogen (secondary N) is 1. The predicted octanol–water partition coefficient (Wildman–Crippen LogP) is 4.02. The SMILES string of the molecule is CCc1nn(C)c(CNc2ccc(Cl)c(OC)c2)c1Br. The number of aromatic nitrogens is 2. The van der Waals surface area contributed by atoms with Gasteiger partial charge in [-0.25, -0.2) is 0 Å². The molecule has 20 heavy (non-hydrogen) atoms. The number of hydrogen-bond donors (Lipinski definition) is 1. The number of methoxy groups -OCH3 is 1. The van der Waals surface area contributed by atoms with Gasteiger partial charge in [0.15, 0.2) is 0 Å². The molecule has 1 N–H and O–H groups in total. The normalized spacial score (nSPS) is 10.7. The van der Waals surface area contributed by atoms with E-state index in [2.05, 4.69) is 33.3 Å². The van der Waals surface area contributed by atoms with Gasteiger partial charge in [-0.15, -0.1) is 0 Å². The summed E-state index contributed by atoms with van der Waals surface area (Å²) < 4.78 is 8.17. The van der Waals surface area contributed by atoms with E-state index >= 15 is 0 Å². The number of anilines is 1. The van der Waals surface area contributed by atoms with Gasteiger partial charge in [0.2, 0.25) is 0 Å². The molecule has 6 heteroatoms. The number of halogens is 2. The smallest absolute Gasteiger partial charge is 0.139 e. The van der Waals surface area contributed by atoms with Crippen molar-refractivity contribution in [2.45, 2.75) is 19.9 Å². The maximum absolute atomic E-state index is 6.01. The quantitative estimate of drug-likeness (QED) is 0.877. The van der Waals surface area contributed by atoms with E-state index in [1.807, 2.05) is 29.9 Å². The molecule has 0 radical (unpaired) electrons. The van der Waals surface area contributed by atoms with Crippen LogP contribution >= 0.6 is 27.5 Å². The van der Waals surface area contributed by atoms with Crippen LogP contribution in [0, 0.1) is 0 Å². The Morgan fingerprint density at radius 2 is 2.20 bits per heavy atom. The van der Waals surface area contributed by atoms with Gasteiger partial charge in [0.25, 0.3) is 0 Å². The molecule has 0 unspecified atom stereocenters. The lowest BCUT2D eigenvalue weighted by Crippen LogP contribution is -2.06. The summed E-state index contributed by atoms with van der Waals surface area (Å²) >= 11 is 9.62. The molecule has 0 saturated heterocycles. The molecule has 4 nitrogen and oxygen atoms in total. The van der Waals surface area contributed by atoms with Gasteiger partial charge in [0.05, 0.1) is 34.5 Å². The first-order valence-electron chi connectivity index (χ1n) is 6.34. The number of aryl methyl sites for hydroxylation is 2. The molecule has 0 aliphatic carbocycles. The highest BCUT2D eigenvalue weighted by Gasteiger charge is 2.12. The molecule has 2 aromatic rings. The molecule has 0 aliphatic rings. The summed E-state index contributed by atoms with van der Waals surface area (Å²) in [5.74, 6) is 0.662. The maximum atomic E-state index is 6.01. The van der Waals surface area contributed by atoms with E-state index in [1.165, 1.54) is 0 Å². The van der Waals surface area contributed by atoms with E-state index < -0.39 is 0 Å². The van der Waals surface area contributed by atoms with Crippen LogP contribution in [0.4, 0.5) is 5.69 Å². The highest BCUT2D eigenvalue weighted by molar-refractivity contribution is 9.10. The van der Waals surface area contributed by atoms with Crippen LogP contribution in [0.15, 0.2) is 22.7 Å². The number of hydrogen-bond acceptors (Lipinski definition) is 3. The summed E-state index contributed by atoms with van der Waals surface area (Å²) in [7, 11) is 3.56. The van der Waals surface area contributed by atoms with Crippen molar-refractivity contribution >= 4 is 33.2 Å². The molecule has 0 saturated carbocycles. The summed E-state index contributed by atoms with van der Waals surface area (Å²) in [5.41, 5.74) is 3.13. The van der Waals surface area contributed by atoms with Crippen LogP contribution < -0.4 is 10.1 Å². The minimum Gasteiger partial charge on any atom is -0.495 e. The molecular formula is C14H17BrClN3O. The lowest BCUT2D eigenvalue weighted by Gasteiger charge is -2.10. The summed E-state index contributed by atoms with van der Waals surface area (Å²) in [5, 5.41) is 8.43. The number of benzene rings is 1. The van der Waals surface area contributed by atoms with Crippen molar-refractivity contribution < 1.29 is 4.74 Å². The van der Waals surface area contributed by atoms with Crippen LogP contribution in [0.1, 0.15) is 18.3 Å². The Bertz CT molecular complexity index is 613. The minimum absolute atomic E-state index is 0.605. The second kappa shape index (κ2) is 6.50. The van der Waals surface area contributed by atoms with Crippen molar-refractivity contribution in [3.63, 3.8) is 0 Å². The highest BCUT2D eigenvalue weighted by atomic mass is 79.9. The van der Waals surface area contributed by atoms with Gasteiger partial charge in [0.1, 0.15) is 5.75 Å². The Morgan fingerprint density at radius 1 is 1.45 bits per heavy atom. The molecule has 1 aromatic carbocycles. The molecule has 2 rings (SSSR count). The van der Waals surface area contributed by atoms with Crippen molar-refractivity contribution in [2.24, 2.45) is 7.05 Å². The van der Waals surface area contributed by atoms with Crippen molar-refractivity contribution in [3.8, 4) is 5.75 Å². The molecule has 1 aromatic heterocycles. The van der Waals surface area contributed by atoms with Gasteiger partial charge in [-0.05, 0) is 34.5 Å². The Morgan fingerprint density at radius 3 is 2.80 bits per heavy atom. The molecule has 0 amide bonds. The lowest BCUT2D eigenvalue weighted by molar-refractivity contribution is 0.415. The maximum Gasteiger partial charge on any atom is 0.139 e. The summed E-state index contributed by atoms with van der Waals surface area (Å²) in [6.07, 6.45) is 0.906. The van der Waals surface area contributed by atoms with Crippen molar-refractivity contribution in [2.75, 3.05) is 12.4 Å². The zero-order valence-corrected chi connectivity index (χ0v) is 14.0. The third kappa shape index (κ3) is 3.10. The number of nitrogens with zero attached hydrogens (tertiary/aromatic N) is 2. The van der Waals surface area contributed by atoms with Gasteiger partial charge in [-0.1, -0.05) is 18.5 Å². The largest absolute Gasteiger partial charge is 0.495 e. The van der Waals surface area contributed by atoms with Crippen LogP contribution in [0.25, 0.3) is 0 Å². The van der Waals surface area contributed by atoms with Crippen LogP contribution in [0.5, 0.6) is 5.75 Å². The van der Waals surface area contributed by atoms with Crippen molar-refractivity contribution in [1.29, 1.82) is 0 Å². The fraction of sp³-hybridized carbons (Fsp3) is 0.357. The predicted molar refractivity (Wildman–Crippen MR) is 85.6 cm³/mol. The molecular weight excluding hydrogens is 342 g/mol. The minimum atomic E-state index is 0.605. The summed E-state index contributed by atoms with van der Waals surface area (Å²) in [6.45, 7) is 2.77. The average molecular weight is 359 g/mol. The van der Waals surface area contributed by atoms with E-state index in [0.29, 0.717) is 17.3 Å². The summed E-state index contributed by atoms with van der Waals surface area (Å²) in [4.78, 5) is 0. The van der Waals surface area contributed by atoms with Crippen LogP contribution in [0.2, 0.25) is 5.02 Å². The Kier molecular flexibility index (Phi) is 4.94. The Labute approximate surface area is 132 Å². The first kappa shape index (κ1) is 15.2. The molecule has 108 valence electrons. The second-order valence-corrected chi connectivity index (χ2v) is 5.59. The Hall–Kier alpha value is -1.20. The van der Waals surface area contributed by atoms with Crippen molar-refractivity contribution in [3.05, 3.63) is 39.1 Å². The molecule has 0 bridgehead atoms. The van der Waals surface area contributed by atoms with Crippen LogP contribution in [-0.2, 0) is 20.0 Å². The molecule has 1 heterocycles. The Balaban J connectivity index is 2.15. The average Bonchev–Trinajstić information content (AvgIpc) is 2.72. The van der Waals surface area contributed by atoms with Gasteiger partial charge in [-0.3, -0.25) is 4.68 Å². The van der Waals surface area contributed by atoms with Crippen LogP contribution in [0.3, 0.4) is 0 Å². The topological polar surface area (TPSA) is 39.1 Å². The monoisotopic (exact) mass is 357 g/mol. The van der Waals surface area contributed by atoms with Gasteiger partial charge < -0.3 is 10.1 Å². The van der Waals surface area contributed by atoms with Crippen molar-refractivity contribution in [1.82, 2.24) is 9.78 Å². The van der Waals surface area contributed by atoms with E-state index in [9.17, 15) is 0 Å². The molecule has 0 spiro atoms. The zero-order valence-electron chi connectivity index (χ0n) is 11.7. The lowest BCUT2D eigenvalue weighted by atomic mass is 10.2. The first-order chi connectivity index (χ1) is 9.56. The number of ether oxygens (including phenoxy) is 1. The third-order valence-electron chi connectivity index (χ3n) is 3.11. The van der Waals surface area contributed by atoms with E-state index in [1.54, 1.807) is 7.11 Å².